The van der Waals surface area contributed by atoms with Crippen LogP contribution in [0.1, 0.15) is 11.1 Å². The highest BCUT2D eigenvalue weighted by Gasteiger charge is 2.50. The van der Waals surface area contributed by atoms with Gasteiger partial charge in [-0.15, -0.1) is 0 Å². The second-order valence-electron chi connectivity index (χ2n) is 10.3. The second kappa shape index (κ2) is 13.5. The molecule has 15 nitrogen and oxygen atoms in total. The van der Waals surface area contributed by atoms with Gasteiger partial charge >= 0.3 is 0 Å². The van der Waals surface area contributed by atoms with Gasteiger partial charge in [0.15, 0.2) is 12.6 Å². The van der Waals surface area contributed by atoms with Gasteiger partial charge in [0.2, 0.25) is 0 Å². The van der Waals surface area contributed by atoms with E-state index in [2.05, 4.69) is 0 Å². The molecule has 17 heteroatoms. The van der Waals surface area contributed by atoms with E-state index in [1.807, 2.05) is 0 Å². The van der Waals surface area contributed by atoms with Crippen LogP contribution in [0.3, 0.4) is 0 Å². The molecule has 10 atom stereocenters. The molecule has 240 valence electrons. The molecule has 0 amide bonds. The predicted molar refractivity (Wildman–Crippen MR) is 143 cm³/mol. The average molecular weight is 651 g/mol. The lowest BCUT2D eigenvalue weighted by Gasteiger charge is -2.44. The first-order valence-corrected chi connectivity index (χ1v) is 15.9. The SMILES string of the molecule is Cc1ccc(S(=O)(=O)OC[C@H]2O[C@H](O[C@H]3O[C@H](COS(=O)(=O)c4ccc(C)cc4)[C@@H](O)[C@H](O)[C@H]3O)[C@H](O)[C@@H](O)[C@@H]2O)cc1. The van der Waals surface area contributed by atoms with E-state index >= 15 is 0 Å². The molecule has 2 aliphatic rings. The smallest absolute Gasteiger partial charge is 0.297 e. The number of aryl methyl sites for hydroxylation is 2. The van der Waals surface area contributed by atoms with Crippen molar-refractivity contribution >= 4 is 20.2 Å². The summed E-state index contributed by atoms with van der Waals surface area (Å²) in [6.45, 7) is 1.88. The van der Waals surface area contributed by atoms with Crippen LogP contribution < -0.4 is 0 Å². The van der Waals surface area contributed by atoms with E-state index in [1.165, 1.54) is 24.3 Å². The maximum Gasteiger partial charge on any atom is 0.297 e. The van der Waals surface area contributed by atoms with Crippen molar-refractivity contribution in [2.45, 2.75) is 85.1 Å². The van der Waals surface area contributed by atoms with Crippen LogP contribution >= 0.6 is 0 Å². The fraction of sp³-hybridized carbons (Fsp3) is 0.538. The molecule has 2 aliphatic heterocycles. The average Bonchev–Trinajstić information content (AvgIpc) is 2.96. The van der Waals surface area contributed by atoms with Gasteiger partial charge in [0.25, 0.3) is 20.2 Å². The van der Waals surface area contributed by atoms with E-state index in [-0.39, 0.29) is 9.79 Å². The summed E-state index contributed by atoms with van der Waals surface area (Å²) in [6, 6.07) is 11.4. The van der Waals surface area contributed by atoms with Gasteiger partial charge in [0.05, 0.1) is 23.0 Å². The highest BCUT2D eigenvalue weighted by Crippen LogP contribution is 2.29. The Morgan fingerprint density at radius 2 is 0.884 bits per heavy atom. The van der Waals surface area contributed by atoms with Crippen LogP contribution in [0.15, 0.2) is 58.3 Å². The molecular weight excluding hydrogens is 616 g/mol. The predicted octanol–water partition coefficient (Wildman–Crippen LogP) is -1.95. The maximum absolute atomic E-state index is 12.6. The van der Waals surface area contributed by atoms with Crippen LogP contribution in [-0.4, -0.2) is 122 Å². The molecular formula is C26H34O15S2. The molecule has 0 aliphatic carbocycles. The van der Waals surface area contributed by atoms with Crippen LogP contribution in [-0.2, 0) is 42.8 Å². The molecule has 0 unspecified atom stereocenters. The van der Waals surface area contributed by atoms with Crippen LogP contribution in [0.5, 0.6) is 0 Å². The number of benzene rings is 2. The van der Waals surface area contributed by atoms with E-state index in [0.29, 0.717) is 0 Å². The second-order valence-corrected chi connectivity index (χ2v) is 13.5. The first-order valence-electron chi connectivity index (χ1n) is 13.1. The number of ether oxygens (including phenoxy) is 3. The number of aliphatic hydroxyl groups excluding tert-OH is 6. The summed E-state index contributed by atoms with van der Waals surface area (Å²) in [5, 5.41) is 62.3. The number of hydrogen-bond acceptors (Lipinski definition) is 15. The van der Waals surface area contributed by atoms with Gasteiger partial charge in [0, 0.05) is 0 Å². The summed E-state index contributed by atoms with van der Waals surface area (Å²) in [4.78, 5) is -0.360. The van der Waals surface area contributed by atoms with Crippen molar-refractivity contribution < 1.29 is 70.1 Å². The van der Waals surface area contributed by atoms with Gasteiger partial charge in [-0.05, 0) is 38.1 Å². The standard InChI is InChI=1S/C26H34O15S2/c1-13-3-7-15(8-4-13)42(33,34)37-11-17-19(27)21(29)23(31)25(39-17)41-26-24(32)22(30)20(28)18(40-26)12-38-43(35,36)16-9-5-14(2)6-10-16/h3-10,17-32H,11-12H2,1-2H3/t17-,18-,19-,20-,21+,22+,23-,24-,25-,26-/m1/s1. The molecule has 2 aromatic rings. The Morgan fingerprint density at radius 1 is 0.558 bits per heavy atom. The van der Waals surface area contributed by atoms with Crippen molar-refractivity contribution in [3.05, 3.63) is 59.7 Å². The third-order valence-electron chi connectivity index (χ3n) is 7.00. The van der Waals surface area contributed by atoms with E-state index in [4.69, 9.17) is 22.6 Å². The van der Waals surface area contributed by atoms with Crippen molar-refractivity contribution in [3.63, 3.8) is 0 Å². The molecule has 2 heterocycles. The third kappa shape index (κ3) is 7.77. The molecule has 4 rings (SSSR count). The minimum atomic E-state index is -4.31. The van der Waals surface area contributed by atoms with E-state index in [0.717, 1.165) is 11.1 Å². The maximum atomic E-state index is 12.6. The summed E-state index contributed by atoms with van der Waals surface area (Å²) in [5.74, 6) is 0. The quantitative estimate of drug-likeness (QED) is 0.153. The van der Waals surface area contributed by atoms with Crippen LogP contribution in [0, 0.1) is 13.8 Å². The van der Waals surface area contributed by atoms with E-state index < -0.39 is 94.9 Å². The molecule has 2 aromatic carbocycles. The molecule has 0 aromatic heterocycles. The third-order valence-corrected chi connectivity index (χ3v) is 9.59. The summed E-state index contributed by atoms with van der Waals surface area (Å²) in [6.07, 6.45) is -18.4. The fourth-order valence-electron chi connectivity index (χ4n) is 4.32. The van der Waals surface area contributed by atoms with Crippen molar-refractivity contribution in [2.75, 3.05) is 13.2 Å². The van der Waals surface area contributed by atoms with Gasteiger partial charge < -0.3 is 44.8 Å². The van der Waals surface area contributed by atoms with Crippen molar-refractivity contribution in [1.29, 1.82) is 0 Å². The minimum Gasteiger partial charge on any atom is -0.387 e. The Morgan fingerprint density at radius 3 is 1.21 bits per heavy atom. The number of aliphatic hydroxyl groups is 6. The largest absolute Gasteiger partial charge is 0.387 e. The number of rotatable bonds is 10. The molecule has 0 saturated carbocycles. The molecule has 0 spiro atoms. The van der Waals surface area contributed by atoms with Gasteiger partial charge in [0.1, 0.15) is 48.8 Å². The summed E-state index contributed by atoms with van der Waals surface area (Å²) in [7, 11) is -8.62. The van der Waals surface area contributed by atoms with Gasteiger partial charge in [-0.3, -0.25) is 8.37 Å². The zero-order valence-corrected chi connectivity index (χ0v) is 24.6. The molecule has 6 N–H and O–H groups in total. The highest BCUT2D eigenvalue weighted by molar-refractivity contribution is 7.87. The zero-order chi connectivity index (χ0) is 31.7. The lowest BCUT2D eigenvalue weighted by atomic mass is 9.98. The molecule has 0 bridgehead atoms. The van der Waals surface area contributed by atoms with Gasteiger partial charge in [-0.1, -0.05) is 35.4 Å². The number of hydrogen-bond donors (Lipinski definition) is 6. The Bertz CT molecular complexity index is 1320. The van der Waals surface area contributed by atoms with Crippen molar-refractivity contribution in [2.24, 2.45) is 0 Å². The zero-order valence-electron chi connectivity index (χ0n) is 23.0. The molecule has 2 saturated heterocycles. The first kappa shape index (κ1) is 33.8. The molecule has 2 fully saturated rings. The molecule has 0 radical (unpaired) electrons. The van der Waals surface area contributed by atoms with Crippen LogP contribution in [0.25, 0.3) is 0 Å². The van der Waals surface area contributed by atoms with Crippen molar-refractivity contribution in [1.82, 2.24) is 0 Å². The Balaban J connectivity index is 1.42. The Hall–Kier alpha value is -2.10. The summed E-state index contributed by atoms with van der Waals surface area (Å²) in [5.41, 5.74) is 1.60. The summed E-state index contributed by atoms with van der Waals surface area (Å²) < 4.78 is 76.5. The van der Waals surface area contributed by atoms with Crippen LogP contribution in [0.2, 0.25) is 0 Å². The summed E-state index contributed by atoms with van der Waals surface area (Å²) >= 11 is 0. The lowest BCUT2D eigenvalue weighted by molar-refractivity contribution is -0.375. The van der Waals surface area contributed by atoms with Crippen molar-refractivity contribution in [3.8, 4) is 0 Å². The van der Waals surface area contributed by atoms with E-state index in [1.54, 1.807) is 38.1 Å². The van der Waals surface area contributed by atoms with Gasteiger partial charge in [-0.25, -0.2) is 0 Å². The van der Waals surface area contributed by atoms with Gasteiger partial charge in [-0.2, -0.15) is 16.8 Å². The van der Waals surface area contributed by atoms with Crippen LogP contribution in [0.4, 0.5) is 0 Å². The Kier molecular flexibility index (Phi) is 10.6. The Labute approximate surface area is 248 Å². The minimum absolute atomic E-state index is 0.180. The normalized spacial score (nSPS) is 33.8. The first-order chi connectivity index (χ1) is 20.1. The topological polar surface area (TPSA) is 236 Å². The van der Waals surface area contributed by atoms with E-state index in [9.17, 15) is 47.5 Å². The lowest BCUT2D eigenvalue weighted by Crippen LogP contribution is -2.64. The monoisotopic (exact) mass is 650 g/mol. The highest BCUT2D eigenvalue weighted by atomic mass is 32.2. The fourth-order valence-corrected chi connectivity index (χ4v) is 6.16. The molecule has 43 heavy (non-hydrogen) atoms.